The van der Waals surface area contributed by atoms with E-state index in [1.807, 2.05) is 46.8 Å². The van der Waals surface area contributed by atoms with Crippen molar-refractivity contribution in [2.45, 2.75) is 46.7 Å². The molecule has 0 saturated heterocycles. The third kappa shape index (κ3) is 3.64. The highest BCUT2D eigenvalue weighted by atomic mass is 35.5. The maximum Gasteiger partial charge on any atom is 0.322 e. The second kappa shape index (κ2) is 6.10. The summed E-state index contributed by atoms with van der Waals surface area (Å²) in [6, 6.07) is 5.70. The zero-order valence-corrected chi connectivity index (χ0v) is 12.4. The van der Waals surface area contributed by atoms with Crippen LogP contribution in [0.2, 0.25) is 5.02 Å². The number of hydrogen-bond acceptors (Lipinski definition) is 1. The van der Waals surface area contributed by atoms with Crippen LogP contribution in [0.3, 0.4) is 0 Å². The maximum absolute atomic E-state index is 12.2. The summed E-state index contributed by atoms with van der Waals surface area (Å²) >= 11 is 5.94. The molecule has 0 unspecified atom stereocenters. The van der Waals surface area contributed by atoms with E-state index in [-0.39, 0.29) is 18.1 Å². The largest absolute Gasteiger partial charge is 0.322 e. The van der Waals surface area contributed by atoms with Gasteiger partial charge in [-0.1, -0.05) is 17.7 Å². The SMILES string of the molecule is Cc1ccc(Cl)cc1NC(=O)N(C(C)C)C(C)C. The number of benzene rings is 1. The quantitative estimate of drug-likeness (QED) is 0.871. The van der Waals surface area contributed by atoms with E-state index in [4.69, 9.17) is 11.6 Å². The Labute approximate surface area is 114 Å². The molecule has 2 amide bonds. The van der Waals surface area contributed by atoms with Gasteiger partial charge in [0.15, 0.2) is 0 Å². The third-order valence-corrected chi connectivity index (χ3v) is 3.02. The van der Waals surface area contributed by atoms with Crippen molar-refractivity contribution in [3.8, 4) is 0 Å². The van der Waals surface area contributed by atoms with Crippen LogP contribution in [0.15, 0.2) is 18.2 Å². The molecule has 0 bridgehead atoms. The molecular formula is C14H21ClN2O. The normalized spacial score (nSPS) is 10.9. The number of hydrogen-bond donors (Lipinski definition) is 1. The number of anilines is 1. The second-order valence-corrected chi connectivity index (χ2v) is 5.42. The minimum absolute atomic E-state index is 0.0923. The molecule has 0 radical (unpaired) electrons. The van der Waals surface area contributed by atoms with Gasteiger partial charge in [-0.2, -0.15) is 0 Å². The monoisotopic (exact) mass is 268 g/mol. The molecule has 1 rings (SSSR count). The second-order valence-electron chi connectivity index (χ2n) is 4.98. The summed E-state index contributed by atoms with van der Waals surface area (Å²) in [7, 11) is 0. The van der Waals surface area contributed by atoms with E-state index in [0.717, 1.165) is 11.3 Å². The molecule has 0 fully saturated rings. The molecular weight excluding hydrogens is 248 g/mol. The lowest BCUT2D eigenvalue weighted by Gasteiger charge is -2.31. The standard InChI is InChI=1S/C14H21ClN2O/c1-9(2)17(10(3)4)14(18)16-13-8-12(15)7-6-11(13)5/h6-10H,1-5H3,(H,16,18). The first-order valence-corrected chi connectivity index (χ1v) is 6.56. The van der Waals surface area contributed by atoms with Crippen LogP contribution in [0.5, 0.6) is 0 Å². The van der Waals surface area contributed by atoms with E-state index in [2.05, 4.69) is 5.32 Å². The Morgan fingerprint density at radius 2 is 1.78 bits per heavy atom. The van der Waals surface area contributed by atoms with Gasteiger partial charge in [-0.05, 0) is 52.3 Å². The summed E-state index contributed by atoms with van der Waals surface area (Å²) in [6.45, 7) is 9.96. The molecule has 1 N–H and O–H groups in total. The molecule has 4 heteroatoms. The van der Waals surface area contributed by atoms with Crippen molar-refractivity contribution in [3.63, 3.8) is 0 Å². The van der Waals surface area contributed by atoms with Crippen LogP contribution in [0.1, 0.15) is 33.3 Å². The first-order chi connectivity index (χ1) is 8.32. The zero-order valence-electron chi connectivity index (χ0n) is 11.6. The summed E-state index contributed by atoms with van der Waals surface area (Å²) in [6.07, 6.45) is 0. The molecule has 0 aliphatic rings. The van der Waals surface area contributed by atoms with Gasteiger partial charge < -0.3 is 10.2 Å². The van der Waals surface area contributed by atoms with Crippen LogP contribution >= 0.6 is 11.6 Å². The van der Waals surface area contributed by atoms with Crippen LogP contribution in [-0.2, 0) is 0 Å². The Morgan fingerprint density at radius 3 is 2.28 bits per heavy atom. The first kappa shape index (κ1) is 14.8. The number of rotatable bonds is 3. The molecule has 100 valence electrons. The van der Waals surface area contributed by atoms with Crippen LogP contribution in [-0.4, -0.2) is 23.0 Å². The van der Waals surface area contributed by atoms with Crippen molar-refractivity contribution >= 4 is 23.3 Å². The Morgan fingerprint density at radius 1 is 1.22 bits per heavy atom. The number of nitrogens with zero attached hydrogens (tertiary/aromatic N) is 1. The van der Waals surface area contributed by atoms with Crippen molar-refractivity contribution < 1.29 is 4.79 Å². The third-order valence-electron chi connectivity index (χ3n) is 2.79. The molecule has 3 nitrogen and oxygen atoms in total. The first-order valence-electron chi connectivity index (χ1n) is 6.18. The maximum atomic E-state index is 12.2. The van der Waals surface area contributed by atoms with Gasteiger partial charge in [-0.3, -0.25) is 0 Å². The van der Waals surface area contributed by atoms with Crippen molar-refractivity contribution in [2.24, 2.45) is 0 Å². The lowest BCUT2D eigenvalue weighted by atomic mass is 10.2. The topological polar surface area (TPSA) is 32.3 Å². The molecule has 0 saturated carbocycles. The number of carbonyl (C=O) groups is 1. The van der Waals surface area contributed by atoms with Gasteiger partial charge in [0.1, 0.15) is 0 Å². The number of carbonyl (C=O) groups excluding carboxylic acids is 1. The highest BCUT2D eigenvalue weighted by Crippen LogP contribution is 2.21. The van der Waals surface area contributed by atoms with Crippen molar-refractivity contribution in [1.29, 1.82) is 0 Å². The Bertz CT molecular complexity index is 422. The minimum atomic E-state index is -0.0923. The number of aryl methyl sites for hydroxylation is 1. The van der Waals surface area contributed by atoms with Gasteiger partial charge in [-0.25, -0.2) is 4.79 Å². The van der Waals surface area contributed by atoms with E-state index in [0.29, 0.717) is 5.02 Å². The summed E-state index contributed by atoms with van der Waals surface area (Å²) in [5, 5.41) is 3.54. The van der Waals surface area contributed by atoms with Gasteiger partial charge in [-0.15, -0.1) is 0 Å². The smallest absolute Gasteiger partial charge is 0.320 e. The average molecular weight is 269 g/mol. The molecule has 0 atom stereocenters. The van der Waals surface area contributed by atoms with Crippen LogP contribution in [0, 0.1) is 6.92 Å². The van der Waals surface area contributed by atoms with E-state index in [1.54, 1.807) is 11.0 Å². The van der Waals surface area contributed by atoms with Crippen LogP contribution in [0.25, 0.3) is 0 Å². The summed E-state index contributed by atoms with van der Waals surface area (Å²) in [5.74, 6) is 0. The lowest BCUT2D eigenvalue weighted by molar-refractivity contribution is 0.178. The molecule has 0 aliphatic carbocycles. The average Bonchev–Trinajstić information content (AvgIpc) is 2.22. The molecule has 18 heavy (non-hydrogen) atoms. The Kier molecular flexibility index (Phi) is 5.03. The summed E-state index contributed by atoms with van der Waals surface area (Å²) < 4.78 is 0. The molecule has 1 aromatic rings. The lowest BCUT2D eigenvalue weighted by Crippen LogP contribution is -2.44. The Hall–Kier alpha value is -1.22. The van der Waals surface area contributed by atoms with Gasteiger partial charge in [0.25, 0.3) is 0 Å². The summed E-state index contributed by atoms with van der Waals surface area (Å²) in [5.41, 5.74) is 1.76. The predicted molar refractivity (Wildman–Crippen MR) is 77.3 cm³/mol. The van der Waals surface area contributed by atoms with Gasteiger partial charge in [0.05, 0.1) is 0 Å². The van der Waals surface area contributed by atoms with Crippen LogP contribution in [0.4, 0.5) is 10.5 Å². The molecule has 0 spiro atoms. The highest BCUT2D eigenvalue weighted by molar-refractivity contribution is 6.31. The minimum Gasteiger partial charge on any atom is -0.320 e. The Balaban J connectivity index is 2.89. The fourth-order valence-electron chi connectivity index (χ4n) is 1.97. The molecule has 0 aromatic heterocycles. The number of nitrogens with one attached hydrogen (secondary N) is 1. The number of amides is 2. The number of urea groups is 1. The molecule has 1 aromatic carbocycles. The van der Waals surface area contributed by atoms with E-state index >= 15 is 0 Å². The van der Waals surface area contributed by atoms with Gasteiger partial charge in [0, 0.05) is 22.8 Å². The van der Waals surface area contributed by atoms with E-state index < -0.39 is 0 Å². The van der Waals surface area contributed by atoms with Crippen molar-refractivity contribution in [1.82, 2.24) is 4.90 Å². The fourth-order valence-corrected chi connectivity index (χ4v) is 2.15. The van der Waals surface area contributed by atoms with Crippen molar-refractivity contribution in [2.75, 3.05) is 5.32 Å². The fraction of sp³-hybridized carbons (Fsp3) is 0.500. The highest BCUT2D eigenvalue weighted by Gasteiger charge is 2.20. The molecule has 0 heterocycles. The predicted octanol–water partition coefficient (Wildman–Crippen LogP) is 4.30. The summed E-state index contributed by atoms with van der Waals surface area (Å²) in [4.78, 5) is 14.0. The van der Waals surface area contributed by atoms with Crippen LogP contribution < -0.4 is 5.32 Å². The van der Waals surface area contributed by atoms with E-state index in [9.17, 15) is 4.79 Å². The van der Waals surface area contributed by atoms with Gasteiger partial charge in [0.2, 0.25) is 0 Å². The van der Waals surface area contributed by atoms with E-state index in [1.165, 1.54) is 0 Å². The zero-order chi connectivity index (χ0) is 13.9. The number of halogens is 1. The molecule has 0 aliphatic heterocycles. The van der Waals surface area contributed by atoms with Crippen molar-refractivity contribution in [3.05, 3.63) is 28.8 Å². The van der Waals surface area contributed by atoms with Gasteiger partial charge >= 0.3 is 6.03 Å².